The van der Waals surface area contributed by atoms with E-state index in [0.29, 0.717) is 16.9 Å². The summed E-state index contributed by atoms with van der Waals surface area (Å²) in [7, 11) is 0. The van der Waals surface area contributed by atoms with Gasteiger partial charge in [-0.2, -0.15) is 0 Å². The molecule has 3 heteroatoms. The Labute approximate surface area is 99.6 Å². The third-order valence-electron chi connectivity index (χ3n) is 3.12. The number of carbonyl (C=O) groups excluding carboxylic acids is 1. The first kappa shape index (κ1) is 10.3. The van der Waals surface area contributed by atoms with Crippen molar-refractivity contribution in [1.82, 2.24) is 0 Å². The van der Waals surface area contributed by atoms with Crippen molar-refractivity contribution in [2.45, 2.75) is 19.1 Å². The summed E-state index contributed by atoms with van der Waals surface area (Å²) in [5.74, 6) is 0.643. The lowest BCUT2D eigenvalue weighted by atomic mass is 9.95. The van der Waals surface area contributed by atoms with Crippen LogP contribution >= 0.6 is 0 Å². The summed E-state index contributed by atoms with van der Waals surface area (Å²) in [5, 5.41) is 0. The Bertz CT molecular complexity index is 543. The van der Waals surface area contributed by atoms with E-state index in [1.54, 1.807) is 6.07 Å². The number of ketones is 1. The normalized spacial score (nSPS) is 22.6. The first-order valence-corrected chi connectivity index (χ1v) is 5.74. The number of fused-ring (bicyclic) bond motifs is 2. The quantitative estimate of drug-likeness (QED) is 0.740. The van der Waals surface area contributed by atoms with Crippen LogP contribution < -0.4 is 5.73 Å². The van der Waals surface area contributed by atoms with Crippen molar-refractivity contribution < 1.29 is 9.53 Å². The highest BCUT2D eigenvalue weighted by Gasteiger charge is 2.29. The zero-order valence-corrected chi connectivity index (χ0v) is 9.35. The third kappa shape index (κ3) is 1.59. The molecule has 0 saturated heterocycles. The molecule has 0 fully saturated rings. The standard InChI is InChI=1S/C14H13NO2/c15-14-10-6-2-1-5-9(10)13(16)11-7-3-4-8-12(11)17-14/h1-2,5-8,14H,3-4,15H2. The summed E-state index contributed by atoms with van der Waals surface area (Å²) >= 11 is 0. The SMILES string of the molecule is NC1OC2=CCCC=C2C(=O)c2ccccc21. The molecular weight excluding hydrogens is 214 g/mol. The van der Waals surface area contributed by atoms with E-state index in [2.05, 4.69) is 0 Å². The van der Waals surface area contributed by atoms with Crippen LogP contribution in [0.3, 0.4) is 0 Å². The van der Waals surface area contributed by atoms with Gasteiger partial charge in [-0.05, 0) is 18.9 Å². The number of rotatable bonds is 0. The van der Waals surface area contributed by atoms with Crippen LogP contribution in [0.1, 0.15) is 35.0 Å². The number of nitrogens with two attached hydrogens (primary N) is 1. The fourth-order valence-electron chi connectivity index (χ4n) is 2.27. The zero-order valence-electron chi connectivity index (χ0n) is 9.35. The molecule has 1 unspecified atom stereocenters. The van der Waals surface area contributed by atoms with Gasteiger partial charge in [0.05, 0.1) is 5.57 Å². The maximum Gasteiger partial charge on any atom is 0.196 e. The Kier molecular flexibility index (Phi) is 2.34. The fraction of sp³-hybridized carbons (Fsp3) is 0.214. The highest BCUT2D eigenvalue weighted by atomic mass is 16.5. The van der Waals surface area contributed by atoms with Crippen LogP contribution in [0.5, 0.6) is 0 Å². The minimum atomic E-state index is -0.564. The molecule has 1 aliphatic carbocycles. The van der Waals surface area contributed by atoms with Gasteiger partial charge in [0, 0.05) is 11.1 Å². The highest BCUT2D eigenvalue weighted by Crippen LogP contribution is 2.33. The van der Waals surface area contributed by atoms with E-state index in [4.69, 9.17) is 10.5 Å². The van der Waals surface area contributed by atoms with Crippen molar-refractivity contribution >= 4 is 5.78 Å². The largest absolute Gasteiger partial charge is 0.471 e. The van der Waals surface area contributed by atoms with E-state index in [9.17, 15) is 4.79 Å². The van der Waals surface area contributed by atoms with Gasteiger partial charge in [0.15, 0.2) is 12.0 Å². The molecule has 17 heavy (non-hydrogen) atoms. The Balaban J connectivity index is 2.18. The number of ether oxygens (including phenoxy) is 1. The number of carbonyl (C=O) groups is 1. The minimum absolute atomic E-state index is 0.0134. The third-order valence-corrected chi connectivity index (χ3v) is 3.12. The van der Waals surface area contributed by atoms with E-state index < -0.39 is 6.23 Å². The molecule has 0 spiro atoms. The molecule has 86 valence electrons. The molecule has 0 saturated carbocycles. The first-order chi connectivity index (χ1) is 8.27. The van der Waals surface area contributed by atoms with Crippen molar-refractivity contribution in [2.24, 2.45) is 5.73 Å². The van der Waals surface area contributed by atoms with E-state index >= 15 is 0 Å². The Morgan fingerprint density at radius 3 is 2.82 bits per heavy atom. The van der Waals surface area contributed by atoms with Crippen LogP contribution in [0, 0.1) is 0 Å². The van der Waals surface area contributed by atoms with Crippen LogP contribution in [0.4, 0.5) is 0 Å². The second-order valence-electron chi connectivity index (χ2n) is 4.22. The molecule has 3 rings (SSSR count). The van der Waals surface area contributed by atoms with Gasteiger partial charge >= 0.3 is 0 Å². The molecule has 1 aromatic rings. The minimum Gasteiger partial charge on any atom is -0.471 e. The molecular formula is C14H13NO2. The lowest BCUT2D eigenvalue weighted by Gasteiger charge is -2.16. The zero-order chi connectivity index (χ0) is 11.8. The van der Waals surface area contributed by atoms with Crippen molar-refractivity contribution in [3.63, 3.8) is 0 Å². The van der Waals surface area contributed by atoms with E-state index in [1.165, 1.54) is 0 Å². The molecule has 1 atom stereocenters. The molecule has 1 aliphatic heterocycles. The smallest absolute Gasteiger partial charge is 0.196 e. The monoisotopic (exact) mass is 227 g/mol. The van der Waals surface area contributed by atoms with Crippen LogP contribution in [0.2, 0.25) is 0 Å². The maximum atomic E-state index is 12.4. The van der Waals surface area contributed by atoms with E-state index in [-0.39, 0.29) is 5.78 Å². The molecule has 3 nitrogen and oxygen atoms in total. The van der Waals surface area contributed by atoms with Gasteiger partial charge in [0.1, 0.15) is 5.76 Å². The number of Topliss-reactive ketones (excluding diaryl/α,β-unsaturated/α-hetero) is 1. The van der Waals surface area contributed by atoms with Crippen molar-refractivity contribution in [3.05, 3.63) is 58.9 Å². The summed E-state index contributed by atoms with van der Waals surface area (Å²) in [6.45, 7) is 0. The number of hydrogen-bond donors (Lipinski definition) is 1. The average Bonchev–Trinajstić information content (AvgIpc) is 2.48. The van der Waals surface area contributed by atoms with Gasteiger partial charge in [0.25, 0.3) is 0 Å². The molecule has 2 N–H and O–H groups in total. The van der Waals surface area contributed by atoms with Crippen molar-refractivity contribution in [3.8, 4) is 0 Å². The summed E-state index contributed by atoms with van der Waals surface area (Å²) in [6, 6.07) is 7.37. The molecule has 0 bridgehead atoms. The van der Waals surface area contributed by atoms with Crippen LogP contribution in [-0.2, 0) is 4.74 Å². The van der Waals surface area contributed by atoms with Crippen LogP contribution in [0.25, 0.3) is 0 Å². The first-order valence-electron chi connectivity index (χ1n) is 5.74. The van der Waals surface area contributed by atoms with Crippen LogP contribution in [-0.4, -0.2) is 5.78 Å². The number of allylic oxidation sites excluding steroid dienone is 3. The molecule has 0 radical (unpaired) electrons. The number of hydrogen-bond acceptors (Lipinski definition) is 3. The summed E-state index contributed by atoms with van der Waals surface area (Å²) in [6.07, 6.45) is 5.09. The van der Waals surface area contributed by atoms with Gasteiger partial charge in [-0.3, -0.25) is 10.5 Å². The van der Waals surface area contributed by atoms with Gasteiger partial charge in [-0.1, -0.05) is 30.3 Å². The van der Waals surface area contributed by atoms with Gasteiger partial charge in [-0.15, -0.1) is 0 Å². The van der Waals surface area contributed by atoms with Crippen molar-refractivity contribution in [1.29, 1.82) is 0 Å². The predicted octanol–water partition coefficient (Wildman–Crippen LogP) is 2.46. The Hall–Kier alpha value is -1.87. The van der Waals surface area contributed by atoms with Crippen molar-refractivity contribution in [2.75, 3.05) is 0 Å². The Morgan fingerprint density at radius 1 is 1.18 bits per heavy atom. The molecule has 0 amide bonds. The lowest BCUT2D eigenvalue weighted by molar-refractivity contribution is 0.102. The second kappa shape index (κ2) is 3.86. The van der Waals surface area contributed by atoms with E-state index in [1.807, 2.05) is 30.4 Å². The molecule has 1 heterocycles. The molecule has 0 aromatic heterocycles. The van der Waals surface area contributed by atoms with E-state index in [0.717, 1.165) is 18.4 Å². The second-order valence-corrected chi connectivity index (χ2v) is 4.22. The van der Waals surface area contributed by atoms with Gasteiger partial charge in [-0.25, -0.2) is 0 Å². The highest BCUT2D eigenvalue weighted by molar-refractivity contribution is 6.12. The van der Waals surface area contributed by atoms with Gasteiger partial charge < -0.3 is 4.74 Å². The summed E-state index contributed by atoms with van der Waals surface area (Å²) in [4.78, 5) is 12.4. The topological polar surface area (TPSA) is 52.3 Å². The summed E-state index contributed by atoms with van der Waals surface area (Å²) in [5.41, 5.74) is 8.03. The molecule has 1 aromatic carbocycles. The fourth-order valence-corrected chi connectivity index (χ4v) is 2.27. The maximum absolute atomic E-state index is 12.4. The predicted molar refractivity (Wildman–Crippen MR) is 64.2 cm³/mol. The lowest BCUT2D eigenvalue weighted by Crippen LogP contribution is -2.14. The Morgan fingerprint density at radius 2 is 1.94 bits per heavy atom. The average molecular weight is 227 g/mol. The van der Waals surface area contributed by atoms with Gasteiger partial charge in [0.2, 0.25) is 0 Å². The number of benzene rings is 1. The van der Waals surface area contributed by atoms with Crippen LogP contribution in [0.15, 0.2) is 47.7 Å². The summed E-state index contributed by atoms with van der Waals surface area (Å²) < 4.78 is 5.66. The molecule has 2 aliphatic rings.